The molecule has 0 aliphatic rings. The quantitative estimate of drug-likeness (QED) is 0.703. The average Bonchev–Trinajstić information content (AvgIpc) is 2.60. The molecule has 0 amide bonds. The van der Waals surface area contributed by atoms with Gasteiger partial charge < -0.3 is 4.57 Å². The van der Waals surface area contributed by atoms with E-state index in [4.69, 9.17) is 5.26 Å². The molecular formula is C12H11N3. The molecule has 0 spiro atoms. The Morgan fingerprint density at radius 1 is 1.40 bits per heavy atom. The molecule has 2 rings (SSSR count). The van der Waals surface area contributed by atoms with Crippen LogP contribution in [0.1, 0.15) is 11.3 Å². The lowest BCUT2D eigenvalue weighted by Gasteiger charge is -2.01. The maximum atomic E-state index is 8.75. The Balaban J connectivity index is 2.54. The van der Waals surface area contributed by atoms with Crippen LogP contribution in [-0.2, 0) is 7.05 Å². The first-order chi connectivity index (χ1) is 7.20. The molecule has 2 aromatic rings. The minimum Gasteiger partial charge on any atom is -0.333 e. The van der Waals surface area contributed by atoms with Gasteiger partial charge >= 0.3 is 0 Å². The van der Waals surface area contributed by atoms with Crippen molar-refractivity contribution in [2.45, 2.75) is 6.92 Å². The third-order valence-electron chi connectivity index (χ3n) is 2.27. The van der Waals surface area contributed by atoms with E-state index in [-0.39, 0.29) is 0 Å². The second-order valence-electron chi connectivity index (χ2n) is 3.54. The molecule has 0 fully saturated rings. The van der Waals surface area contributed by atoms with Crippen LogP contribution in [0.15, 0.2) is 30.5 Å². The summed E-state index contributed by atoms with van der Waals surface area (Å²) in [7, 11) is 1.89. The van der Waals surface area contributed by atoms with Gasteiger partial charge in [-0.2, -0.15) is 5.26 Å². The van der Waals surface area contributed by atoms with Crippen LogP contribution in [0.3, 0.4) is 0 Å². The molecule has 3 heteroatoms. The summed E-state index contributed by atoms with van der Waals surface area (Å²) in [6.07, 6.45) is 1.73. The lowest BCUT2D eigenvalue weighted by molar-refractivity contribution is 0.924. The highest BCUT2D eigenvalue weighted by Gasteiger charge is 2.06. The van der Waals surface area contributed by atoms with E-state index in [1.54, 1.807) is 6.20 Å². The van der Waals surface area contributed by atoms with Crippen molar-refractivity contribution in [3.8, 4) is 17.5 Å². The minimum absolute atomic E-state index is 0.453. The van der Waals surface area contributed by atoms with Crippen LogP contribution in [0.5, 0.6) is 0 Å². The molecule has 0 N–H and O–H groups in total. The lowest BCUT2D eigenvalue weighted by atomic mass is 10.1. The first kappa shape index (κ1) is 9.47. The van der Waals surface area contributed by atoms with Gasteiger partial charge in [-0.3, -0.25) is 0 Å². The van der Waals surface area contributed by atoms with Crippen molar-refractivity contribution < 1.29 is 0 Å². The van der Waals surface area contributed by atoms with E-state index < -0.39 is 0 Å². The van der Waals surface area contributed by atoms with Gasteiger partial charge in [0, 0.05) is 18.8 Å². The second-order valence-corrected chi connectivity index (χ2v) is 3.54. The largest absolute Gasteiger partial charge is 0.333 e. The van der Waals surface area contributed by atoms with Gasteiger partial charge in [0.2, 0.25) is 0 Å². The maximum absolute atomic E-state index is 8.75. The highest BCUT2D eigenvalue weighted by molar-refractivity contribution is 5.57. The van der Waals surface area contributed by atoms with Crippen molar-refractivity contribution in [1.29, 1.82) is 5.26 Å². The Hall–Kier alpha value is -2.08. The summed E-state index contributed by atoms with van der Waals surface area (Å²) in [5.74, 6) is 0.829. The van der Waals surface area contributed by atoms with Crippen molar-refractivity contribution in [3.05, 3.63) is 41.7 Å². The summed E-state index contributed by atoms with van der Waals surface area (Å²) in [4.78, 5) is 4.24. The van der Waals surface area contributed by atoms with E-state index in [2.05, 4.69) is 11.1 Å². The van der Waals surface area contributed by atoms with Crippen molar-refractivity contribution in [2.75, 3.05) is 0 Å². The highest BCUT2D eigenvalue weighted by Crippen LogP contribution is 2.18. The van der Waals surface area contributed by atoms with Crippen LogP contribution in [-0.4, -0.2) is 9.55 Å². The Bertz CT molecular complexity index is 532. The SMILES string of the molecule is Cc1cccc(-c2nc(C#N)cn2C)c1. The smallest absolute Gasteiger partial charge is 0.159 e. The van der Waals surface area contributed by atoms with Crippen LogP contribution in [0.4, 0.5) is 0 Å². The van der Waals surface area contributed by atoms with Gasteiger partial charge in [-0.05, 0) is 13.0 Å². The Morgan fingerprint density at radius 2 is 2.20 bits per heavy atom. The maximum Gasteiger partial charge on any atom is 0.159 e. The van der Waals surface area contributed by atoms with Gasteiger partial charge in [0.25, 0.3) is 0 Å². The molecule has 15 heavy (non-hydrogen) atoms. The number of rotatable bonds is 1. The fourth-order valence-electron chi connectivity index (χ4n) is 1.57. The zero-order valence-corrected chi connectivity index (χ0v) is 8.73. The molecular weight excluding hydrogens is 186 g/mol. The molecule has 0 unspecified atom stereocenters. The van der Waals surface area contributed by atoms with Crippen LogP contribution in [0.25, 0.3) is 11.4 Å². The third kappa shape index (κ3) is 1.75. The molecule has 0 bridgehead atoms. The minimum atomic E-state index is 0.453. The number of nitriles is 1. The fraction of sp³-hybridized carbons (Fsp3) is 0.167. The molecule has 0 atom stereocenters. The summed E-state index contributed by atoms with van der Waals surface area (Å²) < 4.78 is 1.87. The Labute approximate surface area is 88.6 Å². The molecule has 1 aromatic carbocycles. The summed E-state index contributed by atoms with van der Waals surface area (Å²) in [5.41, 5.74) is 2.68. The van der Waals surface area contributed by atoms with Crippen molar-refractivity contribution in [3.63, 3.8) is 0 Å². The average molecular weight is 197 g/mol. The standard InChI is InChI=1S/C12H11N3/c1-9-4-3-5-10(6-9)12-14-11(7-13)8-15(12)2/h3-6,8H,1-2H3. The molecule has 0 saturated carbocycles. The summed E-state index contributed by atoms with van der Waals surface area (Å²) in [5, 5.41) is 8.75. The van der Waals surface area contributed by atoms with Crippen LogP contribution in [0, 0.1) is 18.3 Å². The number of benzene rings is 1. The van der Waals surface area contributed by atoms with Gasteiger partial charge in [0.05, 0.1) is 0 Å². The third-order valence-corrected chi connectivity index (χ3v) is 2.27. The fourth-order valence-corrected chi connectivity index (χ4v) is 1.57. The number of imidazole rings is 1. The highest BCUT2D eigenvalue weighted by atomic mass is 15.0. The molecule has 0 aliphatic heterocycles. The molecule has 1 heterocycles. The lowest BCUT2D eigenvalue weighted by Crippen LogP contribution is -1.91. The predicted molar refractivity (Wildman–Crippen MR) is 58.1 cm³/mol. The van der Waals surface area contributed by atoms with Crippen LogP contribution in [0.2, 0.25) is 0 Å². The van der Waals surface area contributed by atoms with Crippen LogP contribution < -0.4 is 0 Å². The van der Waals surface area contributed by atoms with E-state index in [1.165, 1.54) is 5.56 Å². The molecule has 0 radical (unpaired) electrons. The zero-order valence-electron chi connectivity index (χ0n) is 8.73. The topological polar surface area (TPSA) is 41.6 Å². The van der Waals surface area contributed by atoms with Crippen molar-refractivity contribution in [1.82, 2.24) is 9.55 Å². The number of hydrogen-bond donors (Lipinski definition) is 0. The van der Waals surface area contributed by atoms with E-state index in [9.17, 15) is 0 Å². The van der Waals surface area contributed by atoms with Gasteiger partial charge in [-0.1, -0.05) is 23.8 Å². The molecule has 0 saturated heterocycles. The number of hydrogen-bond acceptors (Lipinski definition) is 2. The summed E-state index contributed by atoms with van der Waals surface area (Å²) in [6, 6.07) is 10.1. The van der Waals surface area contributed by atoms with E-state index in [0.717, 1.165) is 11.4 Å². The first-order valence-corrected chi connectivity index (χ1v) is 4.71. The molecule has 74 valence electrons. The van der Waals surface area contributed by atoms with Gasteiger partial charge in [0.15, 0.2) is 5.69 Å². The summed E-state index contributed by atoms with van der Waals surface area (Å²) in [6.45, 7) is 2.04. The van der Waals surface area contributed by atoms with E-state index in [1.807, 2.05) is 42.8 Å². The number of aryl methyl sites for hydroxylation is 2. The van der Waals surface area contributed by atoms with Gasteiger partial charge in [-0.25, -0.2) is 4.98 Å². The summed E-state index contributed by atoms with van der Waals surface area (Å²) >= 11 is 0. The van der Waals surface area contributed by atoms with Gasteiger partial charge in [0.1, 0.15) is 11.9 Å². The van der Waals surface area contributed by atoms with Crippen molar-refractivity contribution >= 4 is 0 Å². The zero-order chi connectivity index (χ0) is 10.8. The van der Waals surface area contributed by atoms with Gasteiger partial charge in [-0.15, -0.1) is 0 Å². The van der Waals surface area contributed by atoms with Crippen molar-refractivity contribution in [2.24, 2.45) is 7.05 Å². The molecule has 0 aliphatic carbocycles. The first-order valence-electron chi connectivity index (χ1n) is 4.71. The normalized spacial score (nSPS) is 9.93. The number of nitrogens with zero attached hydrogens (tertiary/aromatic N) is 3. The Morgan fingerprint density at radius 3 is 2.80 bits per heavy atom. The van der Waals surface area contributed by atoms with E-state index in [0.29, 0.717) is 5.69 Å². The monoisotopic (exact) mass is 197 g/mol. The predicted octanol–water partition coefficient (Wildman–Crippen LogP) is 2.27. The van der Waals surface area contributed by atoms with Crippen LogP contribution >= 0.6 is 0 Å². The number of aromatic nitrogens is 2. The molecule has 3 nitrogen and oxygen atoms in total. The Kier molecular flexibility index (Phi) is 2.26. The molecule has 1 aromatic heterocycles. The second kappa shape index (κ2) is 3.58. The van der Waals surface area contributed by atoms with E-state index >= 15 is 0 Å².